The average Bonchev–Trinajstić information content (AvgIpc) is 3.00. The van der Waals surface area contributed by atoms with Crippen LogP contribution >= 0.6 is 0 Å². The number of unbranched alkanes of at least 4 members (excludes halogenated alkanes) is 1. The van der Waals surface area contributed by atoms with Crippen LogP contribution in [0, 0.1) is 11.8 Å². The molecule has 0 aromatic rings. The van der Waals surface area contributed by atoms with Gasteiger partial charge in [-0.15, -0.1) is 0 Å². The number of aldehydes is 1. The predicted molar refractivity (Wildman–Crippen MR) is 101 cm³/mol. The Morgan fingerprint density at radius 3 is 2.64 bits per heavy atom. The van der Waals surface area contributed by atoms with Crippen molar-refractivity contribution in [1.29, 1.82) is 0 Å². The van der Waals surface area contributed by atoms with Gasteiger partial charge >= 0.3 is 11.9 Å². The summed E-state index contributed by atoms with van der Waals surface area (Å²) in [5.74, 6) is -1.03. The number of methoxy groups -OCH3 is 1. The van der Waals surface area contributed by atoms with Crippen LogP contribution in [-0.4, -0.2) is 50.4 Å². The van der Waals surface area contributed by atoms with Gasteiger partial charge in [-0.1, -0.05) is 12.2 Å². The van der Waals surface area contributed by atoms with Crippen molar-refractivity contribution in [2.45, 2.75) is 76.8 Å². The third-order valence-electron chi connectivity index (χ3n) is 5.36. The first-order valence-corrected chi connectivity index (χ1v) is 10.2. The van der Waals surface area contributed by atoms with Crippen molar-refractivity contribution in [2.75, 3.05) is 13.7 Å². The SMILES string of the molecule is COC(=O)CCCC=CCC1C(OC(C)=O)CC(OC2CCCCO2)C1C=O. The number of carbonyl (C=O) groups excluding carboxylic acids is 3. The number of hydrogen-bond acceptors (Lipinski definition) is 7. The maximum atomic E-state index is 11.8. The lowest BCUT2D eigenvalue weighted by Crippen LogP contribution is -2.32. The summed E-state index contributed by atoms with van der Waals surface area (Å²) >= 11 is 0. The maximum Gasteiger partial charge on any atom is 0.305 e. The quantitative estimate of drug-likeness (QED) is 0.243. The zero-order chi connectivity index (χ0) is 20.4. The molecule has 0 aromatic heterocycles. The zero-order valence-electron chi connectivity index (χ0n) is 16.8. The molecular weight excluding hydrogens is 364 g/mol. The van der Waals surface area contributed by atoms with Crippen LogP contribution in [0.3, 0.4) is 0 Å². The van der Waals surface area contributed by atoms with Gasteiger partial charge in [-0.05, 0) is 38.5 Å². The van der Waals surface area contributed by atoms with E-state index in [2.05, 4.69) is 4.74 Å². The molecule has 5 atom stereocenters. The van der Waals surface area contributed by atoms with Crippen molar-refractivity contribution < 1.29 is 33.3 Å². The molecule has 28 heavy (non-hydrogen) atoms. The Morgan fingerprint density at radius 1 is 1.18 bits per heavy atom. The summed E-state index contributed by atoms with van der Waals surface area (Å²) in [6.45, 7) is 2.06. The van der Waals surface area contributed by atoms with E-state index in [1.165, 1.54) is 14.0 Å². The fraction of sp³-hybridized carbons (Fsp3) is 0.762. The van der Waals surface area contributed by atoms with E-state index in [1.807, 2.05) is 12.2 Å². The first kappa shape index (κ1) is 22.6. The lowest BCUT2D eigenvalue weighted by atomic mass is 9.91. The highest BCUT2D eigenvalue weighted by Crippen LogP contribution is 2.39. The molecule has 2 aliphatic rings. The molecular formula is C21H32O7. The van der Waals surface area contributed by atoms with Gasteiger partial charge in [0.2, 0.25) is 0 Å². The van der Waals surface area contributed by atoms with E-state index in [1.54, 1.807) is 0 Å². The molecule has 0 radical (unpaired) electrons. The Labute approximate surface area is 166 Å². The number of rotatable bonds is 10. The molecule has 0 amide bonds. The van der Waals surface area contributed by atoms with Gasteiger partial charge in [0.25, 0.3) is 0 Å². The van der Waals surface area contributed by atoms with Crippen molar-refractivity contribution in [2.24, 2.45) is 11.8 Å². The molecule has 0 aromatic carbocycles. The van der Waals surface area contributed by atoms with Gasteiger partial charge in [0.05, 0.1) is 13.2 Å². The minimum absolute atomic E-state index is 0.119. The van der Waals surface area contributed by atoms with Crippen LogP contribution in [0.1, 0.15) is 58.3 Å². The zero-order valence-corrected chi connectivity index (χ0v) is 16.8. The smallest absolute Gasteiger partial charge is 0.305 e. The Hall–Kier alpha value is -1.73. The summed E-state index contributed by atoms with van der Waals surface area (Å²) in [5, 5.41) is 0. The van der Waals surface area contributed by atoms with E-state index >= 15 is 0 Å². The topological polar surface area (TPSA) is 88.1 Å². The van der Waals surface area contributed by atoms with Gasteiger partial charge < -0.3 is 23.7 Å². The Bertz CT molecular complexity index is 539. The molecule has 7 nitrogen and oxygen atoms in total. The van der Waals surface area contributed by atoms with E-state index in [0.29, 0.717) is 32.3 Å². The lowest BCUT2D eigenvalue weighted by molar-refractivity contribution is -0.195. The standard InChI is InChI=1S/C21H32O7/c1-15(23)27-18-13-19(28-21-11-7-8-12-26-21)17(14-22)16(18)9-5-3-4-6-10-20(24)25-2/h3,5,14,16-19,21H,4,6-13H2,1-2H3. The highest BCUT2D eigenvalue weighted by Gasteiger charge is 2.46. The van der Waals surface area contributed by atoms with Gasteiger partial charge in [0, 0.05) is 38.2 Å². The van der Waals surface area contributed by atoms with E-state index in [9.17, 15) is 14.4 Å². The number of allylic oxidation sites excluding steroid dienone is 2. The van der Waals surface area contributed by atoms with Gasteiger partial charge in [-0.3, -0.25) is 9.59 Å². The molecule has 2 fully saturated rings. The third-order valence-corrected chi connectivity index (χ3v) is 5.36. The van der Waals surface area contributed by atoms with E-state index in [0.717, 1.165) is 32.0 Å². The van der Waals surface area contributed by atoms with Crippen LogP contribution in [0.25, 0.3) is 0 Å². The lowest BCUT2D eigenvalue weighted by Gasteiger charge is -2.27. The Morgan fingerprint density at radius 2 is 2.00 bits per heavy atom. The largest absolute Gasteiger partial charge is 0.469 e. The summed E-state index contributed by atoms with van der Waals surface area (Å²) in [7, 11) is 1.38. The van der Waals surface area contributed by atoms with Crippen LogP contribution in [0.15, 0.2) is 12.2 Å². The minimum Gasteiger partial charge on any atom is -0.469 e. The first-order chi connectivity index (χ1) is 13.5. The molecule has 0 N–H and O–H groups in total. The molecule has 1 aliphatic heterocycles. The van der Waals surface area contributed by atoms with Crippen LogP contribution in [0.5, 0.6) is 0 Å². The molecule has 1 aliphatic carbocycles. The van der Waals surface area contributed by atoms with Gasteiger partial charge in [0.15, 0.2) is 6.29 Å². The molecule has 0 spiro atoms. The molecule has 1 saturated carbocycles. The van der Waals surface area contributed by atoms with Crippen molar-refractivity contribution >= 4 is 18.2 Å². The second-order valence-corrected chi connectivity index (χ2v) is 7.41. The fourth-order valence-electron chi connectivity index (χ4n) is 3.93. The Balaban J connectivity index is 1.91. The van der Waals surface area contributed by atoms with Crippen LogP contribution in [-0.2, 0) is 33.3 Å². The van der Waals surface area contributed by atoms with Crippen molar-refractivity contribution in [3.63, 3.8) is 0 Å². The predicted octanol–water partition coefficient (Wildman–Crippen LogP) is 2.95. The monoisotopic (exact) mass is 396 g/mol. The maximum absolute atomic E-state index is 11.8. The number of carbonyl (C=O) groups is 3. The molecule has 2 rings (SSSR count). The molecule has 158 valence electrons. The van der Waals surface area contributed by atoms with Gasteiger partial charge in [-0.2, -0.15) is 0 Å². The number of hydrogen-bond donors (Lipinski definition) is 0. The highest BCUT2D eigenvalue weighted by molar-refractivity contribution is 5.69. The van der Waals surface area contributed by atoms with E-state index in [4.69, 9.17) is 14.2 Å². The van der Waals surface area contributed by atoms with Gasteiger partial charge in [-0.25, -0.2) is 0 Å². The van der Waals surface area contributed by atoms with E-state index < -0.39 is 0 Å². The minimum atomic E-state index is -0.351. The molecule has 0 bridgehead atoms. The number of ether oxygens (including phenoxy) is 4. The third kappa shape index (κ3) is 7.02. The normalized spacial score (nSPS) is 30.3. The second-order valence-electron chi connectivity index (χ2n) is 7.41. The summed E-state index contributed by atoms with van der Waals surface area (Å²) in [5.41, 5.74) is 0. The van der Waals surface area contributed by atoms with Crippen LogP contribution in [0.2, 0.25) is 0 Å². The molecule has 7 heteroatoms. The highest BCUT2D eigenvalue weighted by atomic mass is 16.7. The van der Waals surface area contributed by atoms with Crippen molar-refractivity contribution in [1.82, 2.24) is 0 Å². The van der Waals surface area contributed by atoms with Crippen LogP contribution < -0.4 is 0 Å². The number of esters is 2. The van der Waals surface area contributed by atoms with Crippen molar-refractivity contribution in [3.05, 3.63) is 12.2 Å². The summed E-state index contributed by atoms with van der Waals surface area (Å²) in [4.78, 5) is 34.4. The second kappa shape index (κ2) is 12.0. The summed E-state index contributed by atoms with van der Waals surface area (Å²) in [6, 6.07) is 0. The van der Waals surface area contributed by atoms with Gasteiger partial charge in [0.1, 0.15) is 12.4 Å². The molecule has 1 heterocycles. The van der Waals surface area contributed by atoms with Crippen LogP contribution in [0.4, 0.5) is 0 Å². The molecule has 1 saturated heterocycles. The summed E-state index contributed by atoms with van der Waals surface area (Å²) in [6.07, 6.45) is 9.85. The van der Waals surface area contributed by atoms with E-state index in [-0.39, 0.29) is 42.3 Å². The Kier molecular flexibility index (Phi) is 9.64. The first-order valence-electron chi connectivity index (χ1n) is 10.2. The summed E-state index contributed by atoms with van der Waals surface area (Å²) < 4.78 is 21.8. The fourth-order valence-corrected chi connectivity index (χ4v) is 3.93. The molecule has 5 unspecified atom stereocenters. The van der Waals surface area contributed by atoms with Crippen molar-refractivity contribution in [3.8, 4) is 0 Å². The average molecular weight is 396 g/mol.